The highest BCUT2D eigenvalue weighted by Crippen LogP contribution is 2.31. The minimum absolute atomic E-state index is 0.0580. The summed E-state index contributed by atoms with van der Waals surface area (Å²) in [5.74, 6) is -3.82. The molecular formula is C13H18F3NO. The van der Waals surface area contributed by atoms with Gasteiger partial charge in [-0.05, 0) is 26.5 Å². The van der Waals surface area contributed by atoms with Crippen molar-refractivity contribution in [2.75, 3.05) is 13.7 Å². The largest absolute Gasteiger partial charge is 0.377 e. The van der Waals surface area contributed by atoms with Gasteiger partial charge in [0.25, 0.3) is 0 Å². The molecule has 0 aromatic heterocycles. The highest BCUT2D eigenvalue weighted by molar-refractivity contribution is 5.26. The Morgan fingerprint density at radius 3 is 2.33 bits per heavy atom. The van der Waals surface area contributed by atoms with Crippen molar-refractivity contribution in [3.05, 3.63) is 35.1 Å². The second kappa shape index (κ2) is 5.71. The lowest BCUT2D eigenvalue weighted by Gasteiger charge is -2.34. The van der Waals surface area contributed by atoms with E-state index >= 15 is 0 Å². The van der Waals surface area contributed by atoms with E-state index in [0.29, 0.717) is 6.54 Å². The fraction of sp³-hybridized carbons (Fsp3) is 0.538. The van der Waals surface area contributed by atoms with Crippen molar-refractivity contribution in [3.63, 3.8) is 0 Å². The Morgan fingerprint density at radius 1 is 1.22 bits per heavy atom. The maximum absolute atomic E-state index is 13.8. The Kier molecular flexibility index (Phi) is 4.76. The number of benzene rings is 1. The van der Waals surface area contributed by atoms with Crippen LogP contribution in [0.2, 0.25) is 0 Å². The molecule has 0 radical (unpaired) electrons. The van der Waals surface area contributed by atoms with Crippen LogP contribution in [0.1, 0.15) is 32.4 Å². The molecule has 1 unspecified atom stereocenters. The molecular weight excluding hydrogens is 243 g/mol. The molecule has 102 valence electrons. The van der Waals surface area contributed by atoms with Crippen molar-refractivity contribution < 1.29 is 17.9 Å². The molecule has 0 bridgehead atoms. The third kappa shape index (κ3) is 2.84. The Labute approximate surface area is 105 Å². The summed E-state index contributed by atoms with van der Waals surface area (Å²) in [7, 11) is 1.49. The molecule has 1 rings (SSSR count). The van der Waals surface area contributed by atoms with E-state index in [1.165, 1.54) is 13.2 Å². The van der Waals surface area contributed by atoms with Gasteiger partial charge in [-0.3, -0.25) is 0 Å². The first-order chi connectivity index (χ1) is 8.35. The average Bonchev–Trinajstić information content (AvgIpc) is 2.34. The van der Waals surface area contributed by atoms with Gasteiger partial charge in [-0.1, -0.05) is 13.0 Å². The zero-order valence-corrected chi connectivity index (χ0v) is 11.0. The van der Waals surface area contributed by atoms with Gasteiger partial charge >= 0.3 is 0 Å². The van der Waals surface area contributed by atoms with Crippen molar-refractivity contribution >= 4 is 0 Å². The lowest BCUT2D eigenvalue weighted by molar-refractivity contribution is -0.0118. The van der Waals surface area contributed by atoms with E-state index in [9.17, 15) is 13.2 Å². The van der Waals surface area contributed by atoms with Crippen LogP contribution in [-0.4, -0.2) is 19.3 Å². The fourth-order valence-corrected chi connectivity index (χ4v) is 1.82. The Bertz CT molecular complexity index is 421. The molecule has 0 saturated heterocycles. The molecule has 1 atom stereocenters. The van der Waals surface area contributed by atoms with Crippen molar-refractivity contribution in [2.24, 2.45) is 0 Å². The highest BCUT2D eigenvalue weighted by Gasteiger charge is 2.33. The fourth-order valence-electron chi connectivity index (χ4n) is 1.82. The maximum Gasteiger partial charge on any atom is 0.194 e. The van der Waals surface area contributed by atoms with E-state index in [2.05, 4.69) is 5.32 Å². The first-order valence-electron chi connectivity index (χ1n) is 5.77. The molecule has 0 aliphatic carbocycles. The summed E-state index contributed by atoms with van der Waals surface area (Å²) < 4.78 is 45.3. The Balaban J connectivity index is 3.27. The lowest BCUT2D eigenvalue weighted by atomic mass is 9.91. The van der Waals surface area contributed by atoms with Crippen LogP contribution in [0.5, 0.6) is 0 Å². The van der Waals surface area contributed by atoms with Gasteiger partial charge in [-0.25, -0.2) is 13.2 Å². The van der Waals surface area contributed by atoms with E-state index < -0.39 is 29.1 Å². The van der Waals surface area contributed by atoms with Crippen LogP contribution in [0.25, 0.3) is 0 Å². The second-order valence-corrected chi connectivity index (χ2v) is 4.56. The van der Waals surface area contributed by atoms with Crippen LogP contribution in [0.4, 0.5) is 13.2 Å². The van der Waals surface area contributed by atoms with Crippen LogP contribution in [0.3, 0.4) is 0 Å². The number of rotatable bonds is 5. The number of hydrogen-bond donors (Lipinski definition) is 1. The molecule has 18 heavy (non-hydrogen) atoms. The summed E-state index contributed by atoms with van der Waals surface area (Å²) in [4.78, 5) is 0. The van der Waals surface area contributed by atoms with Gasteiger partial charge in [0.1, 0.15) is 0 Å². The molecule has 1 aromatic carbocycles. The van der Waals surface area contributed by atoms with E-state index in [1.54, 1.807) is 13.8 Å². The molecule has 0 aliphatic heterocycles. The molecule has 1 aromatic rings. The summed E-state index contributed by atoms with van der Waals surface area (Å²) in [5.41, 5.74) is -0.691. The Hall–Kier alpha value is -1.07. The molecule has 0 saturated carbocycles. The summed E-state index contributed by atoms with van der Waals surface area (Å²) in [6.07, 6.45) is 0. The molecule has 0 spiro atoms. The number of halogens is 3. The molecule has 0 aliphatic rings. The number of methoxy groups -OCH3 is 1. The molecule has 0 heterocycles. The van der Waals surface area contributed by atoms with Gasteiger partial charge in [-0.15, -0.1) is 0 Å². The summed E-state index contributed by atoms with van der Waals surface area (Å²) >= 11 is 0. The monoisotopic (exact) mass is 261 g/mol. The number of ether oxygens (including phenoxy) is 1. The first-order valence-corrected chi connectivity index (χ1v) is 5.77. The van der Waals surface area contributed by atoms with Gasteiger partial charge in [0.05, 0.1) is 11.6 Å². The quantitative estimate of drug-likeness (QED) is 0.822. The zero-order chi connectivity index (χ0) is 13.9. The van der Waals surface area contributed by atoms with Crippen molar-refractivity contribution in [3.8, 4) is 0 Å². The third-order valence-corrected chi connectivity index (χ3v) is 3.01. The first kappa shape index (κ1) is 15.0. The van der Waals surface area contributed by atoms with Crippen molar-refractivity contribution in [2.45, 2.75) is 32.4 Å². The molecule has 1 N–H and O–H groups in total. The summed E-state index contributed by atoms with van der Waals surface area (Å²) in [5, 5.41) is 3.02. The minimum Gasteiger partial charge on any atom is -0.377 e. The minimum atomic E-state index is -1.46. The SMILES string of the molecule is CCNC(c1ccc(F)c(F)c1F)C(C)(C)OC. The van der Waals surface area contributed by atoms with Crippen LogP contribution in [0, 0.1) is 17.5 Å². The van der Waals surface area contributed by atoms with Crippen LogP contribution in [-0.2, 0) is 4.74 Å². The highest BCUT2D eigenvalue weighted by atomic mass is 19.2. The van der Waals surface area contributed by atoms with Gasteiger partial charge in [0.15, 0.2) is 17.5 Å². The van der Waals surface area contributed by atoms with E-state index in [0.717, 1.165) is 6.07 Å². The predicted octanol–water partition coefficient (Wildman–Crippen LogP) is 3.18. The van der Waals surface area contributed by atoms with Crippen molar-refractivity contribution in [1.29, 1.82) is 0 Å². The number of nitrogens with one attached hydrogen (secondary N) is 1. The summed E-state index contributed by atoms with van der Waals surface area (Å²) in [6, 6.07) is 1.59. The standard InChI is InChI=1S/C13H18F3NO/c1-5-17-12(13(2,3)18-4)8-6-7-9(14)11(16)10(8)15/h6-7,12,17H,5H2,1-4H3. The van der Waals surface area contributed by atoms with Gasteiger partial charge in [0.2, 0.25) is 0 Å². The van der Waals surface area contributed by atoms with E-state index in [1.807, 2.05) is 6.92 Å². The second-order valence-electron chi connectivity index (χ2n) is 4.56. The predicted molar refractivity (Wildman–Crippen MR) is 63.8 cm³/mol. The third-order valence-electron chi connectivity index (χ3n) is 3.01. The molecule has 5 heteroatoms. The number of likely N-dealkylation sites (N-methyl/N-ethyl adjacent to an activating group) is 1. The summed E-state index contributed by atoms with van der Waals surface area (Å²) in [6.45, 7) is 5.90. The van der Waals surface area contributed by atoms with Crippen LogP contribution < -0.4 is 5.32 Å². The van der Waals surface area contributed by atoms with Crippen molar-refractivity contribution in [1.82, 2.24) is 5.32 Å². The lowest BCUT2D eigenvalue weighted by Crippen LogP contribution is -2.41. The van der Waals surface area contributed by atoms with Gasteiger partial charge in [-0.2, -0.15) is 0 Å². The molecule has 0 amide bonds. The van der Waals surface area contributed by atoms with Crippen LogP contribution >= 0.6 is 0 Å². The molecule has 0 fully saturated rings. The maximum atomic E-state index is 13.8. The topological polar surface area (TPSA) is 21.3 Å². The van der Waals surface area contributed by atoms with E-state index in [-0.39, 0.29) is 5.56 Å². The van der Waals surface area contributed by atoms with Crippen LogP contribution in [0.15, 0.2) is 12.1 Å². The smallest absolute Gasteiger partial charge is 0.194 e. The average molecular weight is 261 g/mol. The normalized spacial score (nSPS) is 13.7. The van der Waals surface area contributed by atoms with Gasteiger partial charge in [0, 0.05) is 12.7 Å². The van der Waals surface area contributed by atoms with Gasteiger partial charge < -0.3 is 10.1 Å². The Morgan fingerprint density at radius 2 is 1.83 bits per heavy atom. The zero-order valence-electron chi connectivity index (χ0n) is 11.0. The number of hydrogen-bond acceptors (Lipinski definition) is 2. The van der Waals surface area contributed by atoms with E-state index in [4.69, 9.17) is 4.74 Å². The molecule has 2 nitrogen and oxygen atoms in total.